The second kappa shape index (κ2) is 4.85. The third-order valence-electron chi connectivity index (χ3n) is 3.88. The summed E-state index contributed by atoms with van der Waals surface area (Å²) in [5.74, 6) is 6.87. The lowest BCUT2D eigenvalue weighted by molar-refractivity contribution is 0.420. The Morgan fingerprint density at radius 2 is 2.00 bits per heavy atom. The maximum absolute atomic E-state index is 12.3. The molecule has 0 radical (unpaired) electrons. The van der Waals surface area contributed by atoms with Crippen LogP contribution < -0.4 is 11.4 Å². The maximum Gasteiger partial charge on any atom is 0.279 e. The van der Waals surface area contributed by atoms with Gasteiger partial charge in [-0.25, -0.2) is 9.66 Å². The minimum absolute atomic E-state index is 0.215. The topological polar surface area (TPSA) is 60.9 Å². The molecule has 0 atom stereocenters. The van der Waals surface area contributed by atoms with E-state index in [1.54, 1.807) is 18.2 Å². The summed E-state index contributed by atoms with van der Waals surface area (Å²) in [6.07, 6.45) is 5.67. The highest BCUT2D eigenvalue weighted by molar-refractivity contribution is 6.34. The van der Waals surface area contributed by atoms with Crippen molar-refractivity contribution in [2.45, 2.75) is 38.0 Å². The Balaban J connectivity index is 2.22. The molecule has 1 heterocycles. The average Bonchev–Trinajstić information content (AvgIpc) is 2.44. The predicted molar refractivity (Wildman–Crippen MR) is 77.0 cm³/mol. The van der Waals surface area contributed by atoms with Gasteiger partial charge in [0.05, 0.1) is 15.9 Å². The molecule has 0 spiro atoms. The van der Waals surface area contributed by atoms with Gasteiger partial charge in [-0.2, -0.15) is 0 Å². The Morgan fingerprint density at radius 1 is 1.26 bits per heavy atom. The zero-order chi connectivity index (χ0) is 13.4. The molecule has 100 valence electrons. The average molecular weight is 278 g/mol. The fourth-order valence-electron chi connectivity index (χ4n) is 2.85. The second-order valence-electron chi connectivity index (χ2n) is 5.12. The molecular weight excluding hydrogens is 262 g/mol. The van der Waals surface area contributed by atoms with E-state index >= 15 is 0 Å². The molecule has 1 aliphatic carbocycles. The summed E-state index contributed by atoms with van der Waals surface area (Å²) >= 11 is 6.14. The van der Waals surface area contributed by atoms with E-state index in [0.29, 0.717) is 21.7 Å². The maximum atomic E-state index is 12.3. The SMILES string of the molecule is Nn1c(C2CCCCC2)nc2c(Cl)cccc2c1=O. The number of nitrogen functional groups attached to an aromatic ring is 1. The van der Waals surface area contributed by atoms with E-state index in [-0.39, 0.29) is 11.5 Å². The number of halogens is 1. The van der Waals surface area contributed by atoms with Gasteiger partial charge in [0.1, 0.15) is 5.82 Å². The Labute approximate surface area is 116 Å². The quantitative estimate of drug-likeness (QED) is 0.816. The van der Waals surface area contributed by atoms with Gasteiger partial charge in [0.15, 0.2) is 0 Å². The lowest BCUT2D eigenvalue weighted by Crippen LogP contribution is -2.33. The molecule has 1 aromatic carbocycles. The Morgan fingerprint density at radius 3 is 2.74 bits per heavy atom. The van der Waals surface area contributed by atoms with Crippen LogP contribution in [0.1, 0.15) is 43.8 Å². The number of nitrogens with two attached hydrogens (primary N) is 1. The highest BCUT2D eigenvalue weighted by Gasteiger charge is 2.21. The minimum Gasteiger partial charge on any atom is -0.335 e. The van der Waals surface area contributed by atoms with Gasteiger partial charge in [-0.05, 0) is 25.0 Å². The van der Waals surface area contributed by atoms with Crippen LogP contribution in [0.25, 0.3) is 10.9 Å². The lowest BCUT2D eigenvalue weighted by Gasteiger charge is -2.22. The van der Waals surface area contributed by atoms with Crippen LogP contribution in [-0.4, -0.2) is 9.66 Å². The summed E-state index contributed by atoms with van der Waals surface area (Å²) in [6.45, 7) is 0. The molecule has 0 amide bonds. The van der Waals surface area contributed by atoms with Crippen LogP contribution in [0.15, 0.2) is 23.0 Å². The molecule has 1 aromatic heterocycles. The monoisotopic (exact) mass is 277 g/mol. The zero-order valence-corrected chi connectivity index (χ0v) is 11.4. The van der Waals surface area contributed by atoms with Crippen molar-refractivity contribution in [3.8, 4) is 0 Å². The molecule has 1 fully saturated rings. The third-order valence-corrected chi connectivity index (χ3v) is 4.18. The van der Waals surface area contributed by atoms with Crippen LogP contribution in [0.5, 0.6) is 0 Å². The summed E-state index contributed by atoms with van der Waals surface area (Å²) < 4.78 is 1.20. The van der Waals surface area contributed by atoms with Gasteiger partial charge in [-0.15, -0.1) is 0 Å². The number of hydrogen-bond acceptors (Lipinski definition) is 3. The molecule has 1 saturated carbocycles. The highest BCUT2D eigenvalue weighted by atomic mass is 35.5. The van der Waals surface area contributed by atoms with E-state index in [4.69, 9.17) is 17.4 Å². The molecule has 0 unspecified atom stereocenters. The van der Waals surface area contributed by atoms with Gasteiger partial charge in [0.25, 0.3) is 5.56 Å². The number of hydrogen-bond donors (Lipinski definition) is 1. The van der Waals surface area contributed by atoms with E-state index in [2.05, 4.69) is 4.98 Å². The van der Waals surface area contributed by atoms with Crippen LogP contribution in [0.4, 0.5) is 0 Å². The molecule has 0 bridgehead atoms. The lowest BCUT2D eigenvalue weighted by atomic mass is 9.88. The minimum atomic E-state index is -0.215. The first kappa shape index (κ1) is 12.5. The summed E-state index contributed by atoms with van der Waals surface area (Å²) in [5, 5.41) is 0.988. The Bertz CT molecular complexity index is 674. The van der Waals surface area contributed by atoms with Gasteiger partial charge in [-0.3, -0.25) is 4.79 Å². The first-order valence-corrected chi connectivity index (χ1v) is 7.02. The van der Waals surface area contributed by atoms with Crippen LogP contribution in [0.2, 0.25) is 5.02 Å². The number of aromatic nitrogens is 2. The molecular formula is C14H16ClN3O. The third kappa shape index (κ3) is 2.10. The van der Waals surface area contributed by atoms with Crippen molar-refractivity contribution < 1.29 is 0 Å². The fourth-order valence-corrected chi connectivity index (χ4v) is 3.07. The van der Waals surface area contributed by atoms with Gasteiger partial charge in [0, 0.05) is 5.92 Å². The van der Waals surface area contributed by atoms with E-state index in [1.165, 1.54) is 23.9 Å². The highest BCUT2D eigenvalue weighted by Crippen LogP contribution is 2.31. The van der Waals surface area contributed by atoms with Crippen molar-refractivity contribution in [1.29, 1.82) is 0 Å². The van der Waals surface area contributed by atoms with E-state index in [0.717, 1.165) is 12.8 Å². The largest absolute Gasteiger partial charge is 0.335 e. The first-order valence-electron chi connectivity index (χ1n) is 6.64. The van der Waals surface area contributed by atoms with Crippen molar-refractivity contribution in [1.82, 2.24) is 9.66 Å². The molecule has 1 aliphatic rings. The predicted octanol–water partition coefficient (Wildman–Crippen LogP) is 2.81. The number of fused-ring (bicyclic) bond motifs is 1. The smallest absolute Gasteiger partial charge is 0.279 e. The molecule has 2 N–H and O–H groups in total. The van der Waals surface area contributed by atoms with Gasteiger partial charge in [0.2, 0.25) is 0 Å². The number of para-hydroxylation sites is 1. The number of rotatable bonds is 1. The Hall–Kier alpha value is -1.55. The molecule has 5 heteroatoms. The van der Waals surface area contributed by atoms with Crippen LogP contribution in [0.3, 0.4) is 0 Å². The second-order valence-corrected chi connectivity index (χ2v) is 5.52. The van der Waals surface area contributed by atoms with Gasteiger partial charge < -0.3 is 5.84 Å². The van der Waals surface area contributed by atoms with E-state index in [9.17, 15) is 4.79 Å². The molecule has 3 rings (SSSR count). The summed E-state index contributed by atoms with van der Waals surface area (Å²) in [6, 6.07) is 5.21. The number of benzene rings is 1. The first-order chi connectivity index (χ1) is 9.18. The fraction of sp³-hybridized carbons (Fsp3) is 0.429. The van der Waals surface area contributed by atoms with E-state index in [1.807, 2.05) is 0 Å². The van der Waals surface area contributed by atoms with E-state index < -0.39 is 0 Å². The normalized spacial score (nSPS) is 16.9. The molecule has 0 saturated heterocycles. The van der Waals surface area contributed by atoms with Crippen LogP contribution in [0, 0.1) is 0 Å². The summed E-state index contributed by atoms with van der Waals surface area (Å²) in [7, 11) is 0. The van der Waals surface area contributed by atoms with Crippen LogP contribution in [-0.2, 0) is 0 Å². The van der Waals surface area contributed by atoms with Crippen LogP contribution >= 0.6 is 11.6 Å². The molecule has 2 aromatic rings. The van der Waals surface area contributed by atoms with Crippen molar-refractivity contribution in [3.05, 3.63) is 39.4 Å². The summed E-state index contributed by atoms with van der Waals surface area (Å²) in [4.78, 5) is 16.8. The molecule has 19 heavy (non-hydrogen) atoms. The van der Waals surface area contributed by atoms with Crippen molar-refractivity contribution >= 4 is 22.5 Å². The van der Waals surface area contributed by atoms with Gasteiger partial charge in [-0.1, -0.05) is 36.9 Å². The molecule has 4 nitrogen and oxygen atoms in total. The Kier molecular flexibility index (Phi) is 3.19. The van der Waals surface area contributed by atoms with Crippen molar-refractivity contribution in [2.75, 3.05) is 5.84 Å². The standard InChI is InChI=1S/C14H16ClN3O/c15-11-8-4-7-10-12(11)17-13(18(16)14(10)19)9-5-2-1-3-6-9/h4,7-9H,1-3,5-6,16H2. The van der Waals surface area contributed by atoms with Crippen molar-refractivity contribution in [3.63, 3.8) is 0 Å². The zero-order valence-electron chi connectivity index (χ0n) is 10.6. The molecule has 0 aliphatic heterocycles. The number of nitrogens with zero attached hydrogens (tertiary/aromatic N) is 2. The van der Waals surface area contributed by atoms with Gasteiger partial charge >= 0.3 is 0 Å². The van der Waals surface area contributed by atoms with Crippen molar-refractivity contribution in [2.24, 2.45) is 0 Å². The summed E-state index contributed by atoms with van der Waals surface area (Å²) in [5.41, 5.74) is 0.351.